The fourth-order valence-electron chi connectivity index (χ4n) is 1.73. The van der Waals surface area contributed by atoms with E-state index >= 15 is 0 Å². The number of ether oxygens (including phenoxy) is 1. The molecule has 0 aliphatic heterocycles. The van der Waals surface area contributed by atoms with Crippen LogP contribution in [0.25, 0.3) is 0 Å². The van der Waals surface area contributed by atoms with Crippen LogP contribution < -0.4 is 10.6 Å². The molecular weight excluding hydrogens is 396 g/mol. The lowest BCUT2D eigenvalue weighted by Gasteiger charge is -2.11. The van der Waals surface area contributed by atoms with Crippen LogP contribution in [-0.2, 0) is 9.53 Å². The van der Waals surface area contributed by atoms with E-state index in [4.69, 9.17) is 27.9 Å². The molecule has 1 rings (SSSR count). The molecule has 9 heteroatoms. The molecule has 0 aromatic carbocycles. The molecule has 0 spiro atoms. The van der Waals surface area contributed by atoms with Crippen LogP contribution in [0.2, 0.25) is 5.02 Å². The van der Waals surface area contributed by atoms with Gasteiger partial charge >= 0.3 is 0 Å². The molecular formula is C18H18Cl2FN3O3. The van der Waals surface area contributed by atoms with Gasteiger partial charge in [-0.15, -0.1) is 0 Å². The van der Waals surface area contributed by atoms with Gasteiger partial charge in [-0.3, -0.25) is 9.59 Å². The van der Waals surface area contributed by atoms with Gasteiger partial charge < -0.3 is 15.4 Å². The number of amides is 2. The van der Waals surface area contributed by atoms with Crippen molar-refractivity contribution in [2.75, 3.05) is 13.2 Å². The Morgan fingerprint density at radius 1 is 1.41 bits per heavy atom. The average Bonchev–Trinajstić information content (AvgIpc) is 2.64. The average molecular weight is 414 g/mol. The third kappa shape index (κ3) is 8.52. The standard InChI is InChI=1S/C18H18Cl2FN3O3/c1-3-14(9-13(21)10-19)27-11-16(25)24-12(2)6-8-23-18(26)17-15(20)5-4-7-22-17/h3-5,7,9-10H,1-2,6,8,11H2,(H,23,26)(H,24,25)/b13-10-,14-9+. The van der Waals surface area contributed by atoms with Crippen molar-refractivity contribution in [3.63, 3.8) is 0 Å². The molecule has 144 valence electrons. The van der Waals surface area contributed by atoms with Crippen LogP contribution in [0.1, 0.15) is 16.9 Å². The Morgan fingerprint density at radius 2 is 2.15 bits per heavy atom. The predicted molar refractivity (Wildman–Crippen MR) is 103 cm³/mol. The first kappa shape index (κ1) is 22.4. The third-order valence-corrected chi connectivity index (χ3v) is 3.47. The summed E-state index contributed by atoms with van der Waals surface area (Å²) in [6.07, 6.45) is 3.97. The molecule has 6 nitrogen and oxygen atoms in total. The van der Waals surface area contributed by atoms with Gasteiger partial charge in [0.25, 0.3) is 11.8 Å². The Balaban J connectivity index is 2.36. The van der Waals surface area contributed by atoms with Crippen LogP contribution in [-0.4, -0.2) is 29.9 Å². The van der Waals surface area contributed by atoms with Crippen molar-refractivity contribution in [1.29, 1.82) is 0 Å². The fourth-order valence-corrected chi connectivity index (χ4v) is 2.01. The summed E-state index contributed by atoms with van der Waals surface area (Å²) in [5.41, 5.74) is 1.21. The summed E-state index contributed by atoms with van der Waals surface area (Å²) in [4.78, 5) is 27.6. The highest BCUT2D eigenvalue weighted by molar-refractivity contribution is 6.33. The van der Waals surface area contributed by atoms with E-state index in [0.29, 0.717) is 5.70 Å². The molecule has 0 bridgehead atoms. The molecule has 0 saturated carbocycles. The van der Waals surface area contributed by atoms with Crippen LogP contribution >= 0.6 is 23.2 Å². The number of pyridine rings is 1. The number of carbonyl (C=O) groups is 2. The van der Waals surface area contributed by atoms with Crippen LogP contribution in [0.3, 0.4) is 0 Å². The van der Waals surface area contributed by atoms with Gasteiger partial charge in [-0.1, -0.05) is 36.4 Å². The topological polar surface area (TPSA) is 80.3 Å². The fraction of sp³-hybridized carbons (Fsp3) is 0.167. The van der Waals surface area contributed by atoms with Crippen molar-refractivity contribution >= 4 is 35.0 Å². The zero-order chi connectivity index (χ0) is 20.2. The van der Waals surface area contributed by atoms with E-state index in [1.807, 2.05) is 0 Å². The highest BCUT2D eigenvalue weighted by Crippen LogP contribution is 2.11. The van der Waals surface area contributed by atoms with Crippen LogP contribution in [0, 0.1) is 0 Å². The maximum atomic E-state index is 13.0. The summed E-state index contributed by atoms with van der Waals surface area (Å²) in [7, 11) is 0. The van der Waals surface area contributed by atoms with Crippen molar-refractivity contribution in [3.05, 3.63) is 77.2 Å². The van der Waals surface area contributed by atoms with Gasteiger partial charge in [-0.25, -0.2) is 9.37 Å². The van der Waals surface area contributed by atoms with E-state index in [2.05, 4.69) is 28.8 Å². The summed E-state index contributed by atoms with van der Waals surface area (Å²) in [6, 6.07) is 3.18. The third-order valence-electron chi connectivity index (χ3n) is 2.96. The van der Waals surface area contributed by atoms with Crippen LogP contribution in [0.4, 0.5) is 4.39 Å². The van der Waals surface area contributed by atoms with Crippen molar-refractivity contribution in [3.8, 4) is 0 Å². The van der Waals surface area contributed by atoms with E-state index < -0.39 is 17.6 Å². The lowest BCUT2D eigenvalue weighted by atomic mass is 10.3. The van der Waals surface area contributed by atoms with Gasteiger partial charge in [-0.2, -0.15) is 0 Å². The predicted octanol–water partition coefficient (Wildman–Crippen LogP) is 3.62. The number of aromatic nitrogens is 1. The maximum absolute atomic E-state index is 13.0. The van der Waals surface area contributed by atoms with Crippen molar-refractivity contribution in [2.45, 2.75) is 6.42 Å². The van der Waals surface area contributed by atoms with E-state index in [-0.39, 0.29) is 36.0 Å². The maximum Gasteiger partial charge on any atom is 0.271 e. The molecule has 0 aliphatic rings. The lowest BCUT2D eigenvalue weighted by Crippen LogP contribution is -2.30. The van der Waals surface area contributed by atoms with Crippen molar-refractivity contribution in [1.82, 2.24) is 15.6 Å². The molecule has 0 aliphatic carbocycles. The molecule has 2 amide bonds. The number of halogens is 3. The van der Waals surface area contributed by atoms with Gasteiger partial charge in [0.15, 0.2) is 6.61 Å². The van der Waals surface area contributed by atoms with Gasteiger partial charge in [-0.05, 0) is 18.2 Å². The first-order valence-electron chi connectivity index (χ1n) is 7.66. The first-order chi connectivity index (χ1) is 12.9. The quantitative estimate of drug-likeness (QED) is 0.453. The molecule has 27 heavy (non-hydrogen) atoms. The molecule has 1 aromatic rings. The monoisotopic (exact) mass is 413 g/mol. The first-order valence-corrected chi connectivity index (χ1v) is 8.48. The SMILES string of the molecule is C=C/C(=C\C(F)=C\Cl)OCC(=O)NC(=C)CCNC(=O)c1ncccc1Cl. The van der Waals surface area contributed by atoms with Crippen molar-refractivity contribution < 1.29 is 18.7 Å². The number of hydrogen-bond acceptors (Lipinski definition) is 4. The number of allylic oxidation sites excluding steroid dienone is 3. The number of carbonyl (C=O) groups excluding carboxylic acids is 2. The molecule has 0 unspecified atom stereocenters. The Kier molecular flexibility index (Phi) is 9.85. The molecule has 1 aromatic heterocycles. The summed E-state index contributed by atoms with van der Waals surface area (Å²) < 4.78 is 18.1. The van der Waals surface area contributed by atoms with Gasteiger partial charge in [0.2, 0.25) is 0 Å². The highest BCUT2D eigenvalue weighted by atomic mass is 35.5. The Morgan fingerprint density at radius 3 is 2.78 bits per heavy atom. The number of rotatable bonds is 10. The molecule has 2 N–H and O–H groups in total. The Bertz CT molecular complexity index is 779. The van der Waals surface area contributed by atoms with Crippen molar-refractivity contribution in [2.24, 2.45) is 0 Å². The minimum Gasteiger partial charge on any atom is -0.484 e. The summed E-state index contributed by atoms with van der Waals surface area (Å²) in [5, 5.41) is 5.36. The Labute approximate surface area is 166 Å². The highest BCUT2D eigenvalue weighted by Gasteiger charge is 2.11. The molecule has 0 radical (unpaired) electrons. The van der Waals surface area contributed by atoms with E-state index in [0.717, 1.165) is 11.6 Å². The van der Waals surface area contributed by atoms with Crippen LogP contribution in [0.15, 0.2) is 66.5 Å². The number of nitrogens with one attached hydrogen (secondary N) is 2. The second-order valence-corrected chi connectivity index (χ2v) is 5.65. The minimum atomic E-state index is -0.736. The zero-order valence-corrected chi connectivity index (χ0v) is 15.8. The Hall–Kier alpha value is -2.64. The smallest absolute Gasteiger partial charge is 0.271 e. The van der Waals surface area contributed by atoms with Gasteiger partial charge in [0.05, 0.1) is 5.02 Å². The molecule has 0 atom stereocenters. The van der Waals surface area contributed by atoms with E-state index in [1.165, 1.54) is 12.3 Å². The lowest BCUT2D eigenvalue weighted by molar-refractivity contribution is -0.123. The van der Waals surface area contributed by atoms with Crippen LogP contribution in [0.5, 0.6) is 0 Å². The number of nitrogens with zero attached hydrogens (tertiary/aromatic N) is 1. The molecule has 1 heterocycles. The largest absolute Gasteiger partial charge is 0.484 e. The number of hydrogen-bond donors (Lipinski definition) is 2. The summed E-state index contributed by atoms with van der Waals surface area (Å²) >= 11 is 11.1. The normalized spacial score (nSPS) is 11.5. The molecule has 0 saturated heterocycles. The van der Waals surface area contributed by atoms with Gasteiger partial charge in [0, 0.05) is 36.5 Å². The van der Waals surface area contributed by atoms with E-state index in [9.17, 15) is 14.0 Å². The second kappa shape index (κ2) is 11.9. The second-order valence-electron chi connectivity index (χ2n) is 5.02. The van der Waals surface area contributed by atoms with Gasteiger partial charge in [0.1, 0.15) is 17.3 Å². The van der Waals surface area contributed by atoms with E-state index in [1.54, 1.807) is 12.1 Å². The summed E-state index contributed by atoms with van der Waals surface area (Å²) in [6.45, 7) is 6.97. The minimum absolute atomic E-state index is 0.0460. The zero-order valence-electron chi connectivity index (χ0n) is 14.3. The summed E-state index contributed by atoms with van der Waals surface area (Å²) in [5.74, 6) is -1.62. The molecule has 0 fully saturated rings.